The van der Waals surface area contributed by atoms with Gasteiger partial charge in [-0.15, -0.1) is 11.6 Å². The molecule has 0 radical (unpaired) electrons. The van der Waals surface area contributed by atoms with E-state index in [0.717, 1.165) is 18.4 Å². The zero-order valence-corrected chi connectivity index (χ0v) is 12.0. The normalized spacial score (nSPS) is 11.3. The summed E-state index contributed by atoms with van der Waals surface area (Å²) in [6.45, 7) is 6.79. The molecule has 0 fully saturated rings. The molecule has 0 aliphatic heterocycles. The number of amides is 1. The minimum atomic E-state index is -0.105. The van der Waals surface area contributed by atoms with Crippen LogP contribution in [0.4, 0.5) is 0 Å². The summed E-state index contributed by atoms with van der Waals surface area (Å²) in [4.78, 5) is 16.1. The number of aromatic nitrogens is 1. The van der Waals surface area contributed by atoms with E-state index in [2.05, 4.69) is 24.1 Å². The molecule has 18 heavy (non-hydrogen) atoms. The summed E-state index contributed by atoms with van der Waals surface area (Å²) in [5.74, 6) is 0.559. The van der Waals surface area contributed by atoms with Crippen molar-refractivity contribution in [3.05, 3.63) is 29.6 Å². The summed E-state index contributed by atoms with van der Waals surface area (Å²) in [6.07, 6.45) is 3.60. The van der Waals surface area contributed by atoms with Crippen LogP contribution in [0.25, 0.3) is 0 Å². The number of aryl methyl sites for hydroxylation is 1. The molecule has 4 heteroatoms. The van der Waals surface area contributed by atoms with Crippen molar-refractivity contribution in [2.45, 2.75) is 33.6 Å². The molecule has 0 spiro atoms. The molecule has 1 aromatic heterocycles. The van der Waals surface area contributed by atoms with Crippen molar-refractivity contribution >= 4 is 17.5 Å². The van der Waals surface area contributed by atoms with Crippen molar-refractivity contribution < 1.29 is 4.79 Å². The Labute approximate surface area is 114 Å². The molecule has 0 aliphatic rings. The topological polar surface area (TPSA) is 42.0 Å². The second kappa shape index (κ2) is 6.74. The first-order valence-corrected chi connectivity index (χ1v) is 6.75. The Hall–Kier alpha value is -1.09. The van der Waals surface area contributed by atoms with Crippen molar-refractivity contribution in [3.8, 4) is 0 Å². The molecule has 1 heterocycles. The molecular weight excluding hydrogens is 248 g/mol. The predicted octanol–water partition coefficient (Wildman–Crippen LogP) is 3.17. The third-order valence-corrected chi connectivity index (χ3v) is 3.21. The lowest BCUT2D eigenvalue weighted by Crippen LogP contribution is -2.34. The Morgan fingerprint density at radius 2 is 2.22 bits per heavy atom. The Kier molecular flexibility index (Phi) is 5.60. The van der Waals surface area contributed by atoms with Crippen molar-refractivity contribution in [1.29, 1.82) is 0 Å². The van der Waals surface area contributed by atoms with Gasteiger partial charge in [-0.25, -0.2) is 0 Å². The SMILES string of the molecule is Cc1cccnc1C(=O)NCC(C)(C)CCCCl. The van der Waals surface area contributed by atoms with E-state index in [1.807, 2.05) is 19.1 Å². The highest BCUT2D eigenvalue weighted by atomic mass is 35.5. The highest BCUT2D eigenvalue weighted by molar-refractivity contribution is 6.17. The van der Waals surface area contributed by atoms with Crippen LogP contribution in [0, 0.1) is 12.3 Å². The lowest BCUT2D eigenvalue weighted by atomic mass is 9.88. The summed E-state index contributed by atoms with van der Waals surface area (Å²) >= 11 is 5.69. The lowest BCUT2D eigenvalue weighted by molar-refractivity contribution is 0.0929. The lowest BCUT2D eigenvalue weighted by Gasteiger charge is -2.24. The summed E-state index contributed by atoms with van der Waals surface area (Å²) in [7, 11) is 0. The first-order valence-electron chi connectivity index (χ1n) is 6.22. The molecule has 1 aromatic rings. The minimum absolute atomic E-state index is 0.0627. The summed E-state index contributed by atoms with van der Waals surface area (Å²) in [5.41, 5.74) is 1.46. The number of nitrogens with one attached hydrogen (secondary N) is 1. The fourth-order valence-electron chi connectivity index (χ4n) is 1.76. The van der Waals surface area contributed by atoms with Crippen LogP contribution < -0.4 is 5.32 Å². The standard InChI is InChI=1S/C14H21ClN2O/c1-11-6-4-9-16-12(11)13(18)17-10-14(2,3)7-5-8-15/h4,6,9H,5,7-8,10H2,1-3H3,(H,17,18). The highest BCUT2D eigenvalue weighted by Crippen LogP contribution is 2.21. The van der Waals surface area contributed by atoms with Crippen LogP contribution in [0.2, 0.25) is 0 Å². The van der Waals surface area contributed by atoms with Gasteiger partial charge in [-0.05, 0) is 36.8 Å². The number of hydrogen-bond acceptors (Lipinski definition) is 2. The zero-order chi connectivity index (χ0) is 13.6. The van der Waals surface area contributed by atoms with Gasteiger partial charge in [-0.3, -0.25) is 9.78 Å². The molecule has 0 saturated carbocycles. The molecular formula is C14H21ClN2O. The van der Waals surface area contributed by atoms with Gasteiger partial charge in [0.2, 0.25) is 0 Å². The van der Waals surface area contributed by atoms with E-state index >= 15 is 0 Å². The molecule has 0 unspecified atom stereocenters. The van der Waals surface area contributed by atoms with Gasteiger partial charge >= 0.3 is 0 Å². The average Bonchev–Trinajstić information content (AvgIpc) is 2.34. The largest absolute Gasteiger partial charge is 0.350 e. The van der Waals surface area contributed by atoms with Crippen LogP contribution in [0.15, 0.2) is 18.3 Å². The van der Waals surface area contributed by atoms with Gasteiger partial charge < -0.3 is 5.32 Å². The molecule has 0 bridgehead atoms. The van der Waals surface area contributed by atoms with Gasteiger partial charge in [0.15, 0.2) is 0 Å². The van der Waals surface area contributed by atoms with Gasteiger partial charge in [0.05, 0.1) is 0 Å². The van der Waals surface area contributed by atoms with Crippen molar-refractivity contribution in [3.63, 3.8) is 0 Å². The maximum Gasteiger partial charge on any atom is 0.270 e. The summed E-state index contributed by atoms with van der Waals surface area (Å²) < 4.78 is 0. The first-order chi connectivity index (χ1) is 8.46. The third kappa shape index (κ3) is 4.65. The van der Waals surface area contributed by atoms with Gasteiger partial charge in [-0.2, -0.15) is 0 Å². The van der Waals surface area contributed by atoms with Crippen molar-refractivity contribution in [2.24, 2.45) is 5.41 Å². The Morgan fingerprint density at radius 1 is 1.50 bits per heavy atom. The van der Waals surface area contributed by atoms with Crippen LogP contribution in [0.5, 0.6) is 0 Å². The van der Waals surface area contributed by atoms with E-state index in [0.29, 0.717) is 18.1 Å². The fraction of sp³-hybridized carbons (Fsp3) is 0.571. The quantitative estimate of drug-likeness (QED) is 0.806. The van der Waals surface area contributed by atoms with Gasteiger partial charge in [0.25, 0.3) is 5.91 Å². The smallest absolute Gasteiger partial charge is 0.270 e. The molecule has 0 aliphatic carbocycles. The predicted molar refractivity (Wildman–Crippen MR) is 75.0 cm³/mol. The second-order valence-corrected chi connectivity index (χ2v) is 5.69. The average molecular weight is 269 g/mol. The molecule has 1 N–H and O–H groups in total. The second-order valence-electron chi connectivity index (χ2n) is 5.31. The van der Waals surface area contributed by atoms with Gasteiger partial charge in [-0.1, -0.05) is 19.9 Å². The monoisotopic (exact) mass is 268 g/mol. The van der Waals surface area contributed by atoms with E-state index in [9.17, 15) is 4.79 Å². The number of carbonyl (C=O) groups is 1. The zero-order valence-electron chi connectivity index (χ0n) is 11.3. The molecule has 1 rings (SSSR count). The third-order valence-electron chi connectivity index (χ3n) is 2.94. The van der Waals surface area contributed by atoms with E-state index in [4.69, 9.17) is 11.6 Å². The van der Waals surface area contributed by atoms with Crippen LogP contribution in [-0.4, -0.2) is 23.3 Å². The summed E-state index contributed by atoms with van der Waals surface area (Å²) in [6, 6.07) is 3.72. The number of hydrogen-bond donors (Lipinski definition) is 1. The van der Waals surface area contributed by atoms with Crippen LogP contribution in [-0.2, 0) is 0 Å². The Balaban J connectivity index is 2.54. The molecule has 3 nitrogen and oxygen atoms in total. The molecule has 0 atom stereocenters. The Morgan fingerprint density at radius 3 is 2.83 bits per heavy atom. The summed E-state index contributed by atoms with van der Waals surface area (Å²) in [5, 5.41) is 2.94. The van der Waals surface area contributed by atoms with E-state index in [1.165, 1.54) is 0 Å². The maximum absolute atomic E-state index is 12.0. The van der Waals surface area contributed by atoms with Crippen LogP contribution in [0.1, 0.15) is 42.7 Å². The van der Waals surface area contributed by atoms with E-state index in [-0.39, 0.29) is 11.3 Å². The van der Waals surface area contributed by atoms with E-state index in [1.54, 1.807) is 6.20 Å². The number of carbonyl (C=O) groups excluding carboxylic acids is 1. The highest BCUT2D eigenvalue weighted by Gasteiger charge is 2.19. The number of pyridine rings is 1. The number of rotatable bonds is 6. The molecule has 100 valence electrons. The van der Waals surface area contributed by atoms with Crippen LogP contribution >= 0.6 is 11.6 Å². The van der Waals surface area contributed by atoms with Crippen LogP contribution in [0.3, 0.4) is 0 Å². The maximum atomic E-state index is 12.0. The number of halogens is 1. The number of alkyl halides is 1. The molecule has 1 amide bonds. The Bertz CT molecular complexity index is 405. The van der Waals surface area contributed by atoms with Crippen molar-refractivity contribution in [1.82, 2.24) is 10.3 Å². The minimum Gasteiger partial charge on any atom is -0.350 e. The first kappa shape index (κ1) is 15.0. The van der Waals surface area contributed by atoms with E-state index < -0.39 is 0 Å². The van der Waals surface area contributed by atoms with Crippen molar-refractivity contribution in [2.75, 3.05) is 12.4 Å². The molecule has 0 aromatic carbocycles. The molecule has 0 saturated heterocycles. The fourth-order valence-corrected chi connectivity index (χ4v) is 1.89. The number of nitrogens with zero attached hydrogens (tertiary/aromatic N) is 1. The van der Waals surface area contributed by atoms with Gasteiger partial charge in [0, 0.05) is 18.6 Å². The van der Waals surface area contributed by atoms with Gasteiger partial charge in [0.1, 0.15) is 5.69 Å².